The molecule has 3 fully saturated rings. The van der Waals surface area contributed by atoms with E-state index in [2.05, 4.69) is 40.7 Å². The third kappa shape index (κ3) is 3.33. The molecule has 3 saturated carbocycles. The molecule has 0 aromatic heterocycles. The van der Waals surface area contributed by atoms with Crippen LogP contribution in [0.1, 0.15) is 105 Å². The molecule has 0 aromatic carbocycles. The Morgan fingerprint density at radius 2 is 1.75 bits per heavy atom. The standard InChI is InChI=1S/C27H44O/c1-18(2)7-6-8-19(3)23-11-12-24-22-10-9-20-17-21(28)13-15-26(20,4)25(22)14-16-27(23,24)5/h17-19,22-25H,6-16H2,1-5H3/t19-,22-,23+,24-,25-,26-,27+/m0/s1. The summed E-state index contributed by atoms with van der Waals surface area (Å²) in [5.41, 5.74) is 2.43. The Bertz CT molecular complexity index is 630. The van der Waals surface area contributed by atoms with E-state index in [1.807, 2.05) is 0 Å². The average Bonchev–Trinajstić information content (AvgIpc) is 2.99. The van der Waals surface area contributed by atoms with Gasteiger partial charge in [0.05, 0.1) is 0 Å². The van der Waals surface area contributed by atoms with Gasteiger partial charge in [-0.3, -0.25) is 4.79 Å². The number of allylic oxidation sites excluding steroid dienone is 1. The average molecular weight is 385 g/mol. The fourth-order valence-electron chi connectivity index (χ4n) is 8.58. The van der Waals surface area contributed by atoms with Crippen LogP contribution in [0.15, 0.2) is 11.6 Å². The first-order valence-corrected chi connectivity index (χ1v) is 12.5. The maximum atomic E-state index is 12.0. The van der Waals surface area contributed by atoms with Crippen LogP contribution in [-0.2, 0) is 4.79 Å². The summed E-state index contributed by atoms with van der Waals surface area (Å²) in [6.45, 7) is 12.5. The monoisotopic (exact) mass is 384 g/mol. The topological polar surface area (TPSA) is 17.1 Å². The predicted molar refractivity (Wildman–Crippen MR) is 118 cm³/mol. The summed E-state index contributed by atoms with van der Waals surface area (Å²) in [5, 5.41) is 0. The number of carbonyl (C=O) groups is 1. The Kier molecular flexibility index (Phi) is 5.60. The molecule has 0 saturated heterocycles. The summed E-state index contributed by atoms with van der Waals surface area (Å²) >= 11 is 0. The van der Waals surface area contributed by atoms with E-state index in [0.717, 1.165) is 48.3 Å². The van der Waals surface area contributed by atoms with E-state index >= 15 is 0 Å². The summed E-state index contributed by atoms with van der Waals surface area (Å²) in [5.74, 6) is 5.79. The summed E-state index contributed by atoms with van der Waals surface area (Å²) in [6, 6.07) is 0. The van der Waals surface area contributed by atoms with Crippen LogP contribution < -0.4 is 0 Å². The Labute approximate surface area is 174 Å². The number of rotatable bonds is 5. The number of hydrogen-bond donors (Lipinski definition) is 0. The fraction of sp³-hybridized carbons (Fsp3) is 0.889. The van der Waals surface area contributed by atoms with Gasteiger partial charge in [-0.15, -0.1) is 0 Å². The largest absolute Gasteiger partial charge is 0.295 e. The second kappa shape index (κ2) is 7.59. The zero-order chi connectivity index (χ0) is 20.1. The van der Waals surface area contributed by atoms with Crippen LogP contribution >= 0.6 is 0 Å². The van der Waals surface area contributed by atoms with E-state index in [1.165, 1.54) is 63.4 Å². The van der Waals surface area contributed by atoms with Gasteiger partial charge in [0.2, 0.25) is 0 Å². The normalized spacial score (nSPS) is 43.9. The van der Waals surface area contributed by atoms with Crippen LogP contribution in [0.5, 0.6) is 0 Å². The fourth-order valence-corrected chi connectivity index (χ4v) is 8.58. The highest BCUT2D eigenvalue weighted by Gasteiger charge is 2.59. The van der Waals surface area contributed by atoms with Crippen molar-refractivity contribution in [1.29, 1.82) is 0 Å². The molecule has 0 aromatic rings. The third-order valence-electron chi connectivity index (χ3n) is 10.2. The first-order chi connectivity index (χ1) is 13.3. The van der Waals surface area contributed by atoms with Crippen molar-refractivity contribution < 1.29 is 4.79 Å². The Morgan fingerprint density at radius 3 is 2.50 bits per heavy atom. The van der Waals surface area contributed by atoms with Crippen molar-refractivity contribution in [2.45, 2.75) is 105 Å². The summed E-state index contributed by atoms with van der Waals surface area (Å²) in [6.07, 6.45) is 16.6. The third-order valence-corrected chi connectivity index (χ3v) is 10.2. The van der Waals surface area contributed by atoms with E-state index in [0.29, 0.717) is 16.6 Å². The smallest absolute Gasteiger partial charge is 0.155 e. The van der Waals surface area contributed by atoms with Crippen LogP contribution in [-0.4, -0.2) is 5.78 Å². The molecule has 0 aliphatic heterocycles. The van der Waals surface area contributed by atoms with Gasteiger partial charge in [0, 0.05) is 6.42 Å². The molecule has 0 bridgehead atoms. The minimum atomic E-state index is 0.332. The lowest BCUT2D eigenvalue weighted by Gasteiger charge is -2.58. The van der Waals surface area contributed by atoms with Crippen LogP contribution in [0.2, 0.25) is 0 Å². The van der Waals surface area contributed by atoms with E-state index in [4.69, 9.17) is 0 Å². The van der Waals surface area contributed by atoms with Gasteiger partial charge in [-0.05, 0) is 97.4 Å². The Morgan fingerprint density at radius 1 is 0.964 bits per heavy atom. The molecule has 1 heteroatoms. The van der Waals surface area contributed by atoms with E-state index in [9.17, 15) is 4.79 Å². The zero-order valence-corrected chi connectivity index (χ0v) is 19.2. The van der Waals surface area contributed by atoms with Gasteiger partial charge < -0.3 is 0 Å². The van der Waals surface area contributed by atoms with Gasteiger partial charge in [0.25, 0.3) is 0 Å². The SMILES string of the molecule is CC(C)CCC[C@H](C)[C@H]1CC[C@H]2[C@@H]3CCC4=CC(=O)CC[C@]4(C)[C@H]3CC[C@]12C. The van der Waals surface area contributed by atoms with Crippen molar-refractivity contribution in [3.05, 3.63) is 11.6 Å². The quantitative estimate of drug-likeness (QED) is 0.477. The Balaban J connectivity index is 1.49. The zero-order valence-electron chi connectivity index (χ0n) is 19.2. The number of ketones is 1. The molecule has 0 amide bonds. The van der Waals surface area contributed by atoms with Crippen molar-refractivity contribution in [2.24, 2.45) is 46.3 Å². The molecule has 0 unspecified atom stereocenters. The Hall–Kier alpha value is -0.590. The van der Waals surface area contributed by atoms with Gasteiger partial charge in [0.1, 0.15) is 0 Å². The van der Waals surface area contributed by atoms with Crippen LogP contribution in [0, 0.1) is 46.3 Å². The maximum absolute atomic E-state index is 12.0. The summed E-state index contributed by atoms with van der Waals surface area (Å²) in [4.78, 5) is 12.0. The summed E-state index contributed by atoms with van der Waals surface area (Å²) in [7, 11) is 0. The summed E-state index contributed by atoms with van der Waals surface area (Å²) < 4.78 is 0. The van der Waals surface area contributed by atoms with Gasteiger partial charge in [-0.25, -0.2) is 0 Å². The first kappa shape index (κ1) is 20.7. The van der Waals surface area contributed by atoms with Crippen LogP contribution in [0.3, 0.4) is 0 Å². The number of hydrogen-bond acceptors (Lipinski definition) is 1. The van der Waals surface area contributed by atoms with E-state index < -0.39 is 0 Å². The predicted octanol–water partition coefficient (Wildman–Crippen LogP) is 7.60. The molecular formula is C27H44O. The van der Waals surface area contributed by atoms with Crippen molar-refractivity contribution in [2.75, 3.05) is 0 Å². The highest BCUT2D eigenvalue weighted by atomic mass is 16.1. The minimum absolute atomic E-state index is 0.332. The molecule has 1 nitrogen and oxygen atoms in total. The van der Waals surface area contributed by atoms with Gasteiger partial charge in [0.15, 0.2) is 5.78 Å². The van der Waals surface area contributed by atoms with Crippen molar-refractivity contribution >= 4 is 5.78 Å². The number of fused-ring (bicyclic) bond motifs is 5. The van der Waals surface area contributed by atoms with E-state index in [1.54, 1.807) is 0 Å². The van der Waals surface area contributed by atoms with Gasteiger partial charge >= 0.3 is 0 Å². The van der Waals surface area contributed by atoms with Gasteiger partial charge in [-0.2, -0.15) is 0 Å². The lowest BCUT2D eigenvalue weighted by atomic mass is 9.46. The highest BCUT2D eigenvalue weighted by Crippen LogP contribution is 2.67. The van der Waals surface area contributed by atoms with Crippen molar-refractivity contribution in [3.63, 3.8) is 0 Å². The molecule has 0 heterocycles. The number of carbonyl (C=O) groups excluding carboxylic acids is 1. The molecular weight excluding hydrogens is 340 g/mol. The molecule has 7 atom stereocenters. The molecule has 4 aliphatic carbocycles. The maximum Gasteiger partial charge on any atom is 0.155 e. The highest BCUT2D eigenvalue weighted by molar-refractivity contribution is 5.91. The lowest BCUT2D eigenvalue weighted by Crippen LogP contribution is -2.50. The van der Waals surface area contributed by atoms with Crippen LogP contribution in [0.25, 0.3) is 0 Å². The van der Waals surface area contributed by atoms with E-state index in [-0.39, 0.29) is 0 Å². The first-order valence-electron chi connectivity index (χ1n) is 12.5. The molecule has 0 spiro atoms. The molecule has 158 valence electrons. The second-order valence-electron chi connectivity index (χ2n) is 12.0. The molecule has 28 heavy (non-hydrogen) atoms. The molecule has 4 rings (SSSR count). The minimum Gasteiger partial charge on any atom is -0.295 e. The molecule has 0 radical (unpaired) electrons. The molecule has 4 aliphatic rings. The lowest BCUT2D eigenvalue weighted by molar-refractivity contribution is -0.117. The van der Waals surface area contributed by atoms with Crippen molar-refractivity contribution in [3.8, 4) is 0 Å². The second-order valence-corrected chi connectivity index (χ2v) is 12.0. The van der Waals surface area contributed by atoms with Crippen LogP contribution in [0.4, 0.5) is 0 Å². The van der Waals surface area contributed by atoms with Crippen molar-refractivity contribution in [1.82, 2.24) is 0 Å². The molecule has 0 N–H and O–H groups in total. The van der Waals surface area contributed by atoms with Gasteiger partial charge in [-0.1, -0.05) is 59.5 Å².